The number of hydrogen-bond acceptors (Lipinski definition) is 3. The Hall–Kier alpha value is -0.610. The third-order valence-corrected chi connectivity index (χ3v) is 4.72. The second kappa shape index (κ2) is 5.57. The van der Waals surface area contributed by atoms with Crippen LogP contribution in [0.25, 0.3) is 0 Å². The maximum Gasteiger partial charge on any atom is 0.305 e. The quantitative estimate of drug-likeness (QED) is 0.831. The first-order valence-electron chi connectivity index (χ1n) is 7.24. The largest absolute Gasteiger partial charge is 0.481 e. The van der Waals surface area contributed by atoms with Crippen LogP contribution in [0, 0.1) is 0 Å². The van der Waals surface area contributed by atoms with E-state index >= 15 is 0 Å². The number of carboxylic acids is 1. The molecule has 4 heteroatoms. The van der Waals surface area contributed by atoms with Crippen molar-refractivity contribution in [3.8, 4) is 0 Å². The number of carbonyl (C=O) groups is 1. The van der Waals surface area contributed by atoms with Crippen molar-refractivity contribution < 1.29 is 9.90 Å². The fraction of sp³-hybridized carbons (Fsp3) is 0.929. The molecule has 1 N–H and O–H groups in total. The van der Waals surface area contributed by atoms with E-state index in [2.05, 4.69) is 23.6 Å². The minimum absolute atomic E-state index is 0.0618. The summed E-state index contributed by atoms with van der Waals surface area (Å²) >= 11 is 0. The van der Waals surface area contributed by atoms with Gasteiger partial charge in [-0.05, 0) is 52.6 Å². The Morgan fingerprint density at radius 1 is 1.17 bits per heavy atom. The molecule has 18 heavy (non-hydrogen) atoms. The van der Waals surface area contributed by atoms with Crippen LogP contribution in [0.2, 0.25) is 0 Å². The molecule has 2 heterocycles. The van der Waals surface area contributed by atoms with Gasteiger partial charge in [-0.1, -0.05) is 0 Å². The van der Waals surface area contributed by atoms with Gasteiger partial charge in [0, 0.05) is 24.7 Å². The van der Waals surface area contributed by atoms with E-state index in [1.807, 2.05) is 0 Å². The molecule has 0 bridgehead atoms. The second-order valence-corrected chi connectivity index (χ2v) is 6.12. The van der Waals surface area contributed by atoms with Gasteiger partial charge < -0.3 is 10.0 Å². The topological polar surface area (TPSA) is 43.8 Å². The van der Waals surface area contributed by atoms with Crippen molar-refractivity contribution >= 4 is 5.97 Å². The van der Waals surface area contributed by atoms with E-state index in [9.17, 15) is 9.90 Å². The number of nitrogens with zero attached hydrogens (tertiary/aromatic N) is 2. The molecule has 4 nitrogen and oxygen atoms in total. The van der Waals surface area contributed by atoms with Crippen molar-refractivity contribution in [2.45, 2.75) is 57.5 Å². The predicted molar refractivity (Wildman–Crippen MR) is 71.7 cm³/mol. The molecule has 104 valence electrons. The maximum absolute atomic E-state index is 11.2. The van der Waals surface area contributed by atoms with Crippen molar-refractivity contribution in [2.24, 2.45) is 0 Å². The molecule has 2 aliphatic heterocycles. The van der Waals surface area contributed by atoms with Gasteiger partial charge in [-0.2, -0.15) is 0 Å². The first-order valence-corrected chi connectivity index (χ1v) is 7.24. The lowest BCUT2D eigenvalue weighted by Crippen LogP contribution is -2.56. The summed E-state index contributed by atoms with van der Waals surface area (Å²) in [5.74, 6) is -0.639. The first-order chi connectivity index (χ1) is 8.53. The fourth-order valence-electron chi connectivity index (χ4n) is 3.53. The molecule has 2 fully saturated rings. The molecular formula is C14H26N2O2. The van der Waals surface area contributed by atoms with Crippen LogP contribution in [0.1, 0.15) is 46.0 Å². The van der Waals surface area contributed by atoms with Crippen molar-refractivity contribution in [3.05, 3.63) is 0 Å². The van der Waals surface area contributed by atoms with Crippen LogP contribution in [0.3, 0.4) is 0 Å². The van der Waals surface area contributed by atoms with Gasteiger partial charge in [0.15, 0.2) is 0 Å². The minimum atomic E-state index is -0.639. The monoisotopic (exact) mass is 254 g/mol. The third-order valence-electron chi connectivity index (χ3n) is 4.72. The van der Waals surface area contributed by atoms with E-state index in [-0.39, 0.29) is 5.54 Å². The molecule has 2 saturated heterocycles. The zero-order valence-corrected chi connectivity index (χ0v) is 11.7. The van der Waals surface area contributed by atoms with Gasteiger partial charge in [0.05, 0.1) is 6.42 Å². The average molecular weight is 254 g/mol. The summed E-state index contributed by atoms with van der Waals surface area (Å²) < 4.78 is 0. The lowest BCUT2D eigenvalue weighted by molar-refractivity contribution is -0.141. The van der Waals surface area contributed by atoms with Crippen molar-refractivity contribution in [2.75, 3.05) is 26.2 Å². The number of likely N-dealkylation sites (tertiary alicyclic amines) is 2. The number of aliphatic carboxylic acids is 1. The molecule has 0 saturated carbocycles. The number of hydrogen-bond donors (Lipinski definition) is 1. The van der Waals surface area contributed by atoms with Gasteiger partial charge in [-0.3, -0.25) is 9.69 Å². The Bertz CT molecular complexity index is 290. The summed E-state index contributed by atoms with van der Waals surface area (Å²) in [6.45, 7) is 8.72. The Morgan fingerprint density at radius 2 is 1.72 bits per heavy atom. The second-order valence-electron chi connectivity index (χ2n) is 6.12. The molecule has 0 aromatic carbocycles. The lowest BCUT2D eigenvalue weighted by atomic mass is 9.82. The zero-order valence-electron chi connectivity index (χ0n) is 11.7. The van der Waals surface area contributed by atoms with E-state index < -0.39 is 5.97 Å². The minimum Gasteiger partial charge on any atom is -0.481 e. The highest BCUT2D eigenvalue weighted by Crippen LogP contribution is 2.35. The van der Waals surface area contributed by atoms with Crippen molar-refractivity contribution in [1.82, 2.24) is 9.80 Å². The highest BCUT2D eigenvalue weighted by molar-refractivity contribution is 5.68. The summed E-state index contributed by atoms with van der Waals surface area (Å²) in [4.78, 5) is 16.1. The highest BCUT2D eigenvalue weighted by atomic mass is 16.4. The van der Waals surface area contributed by atoms with E-state index in [0.29, 0.717) is 12.5 Å². The van der Waals surface area contributed by atoms with Crippen molar-refractivity contribution in [3.63, 3.8) is 0 Å². The van der Waals surface area contributed by atoms with Crippen LogP contribution in [-0.2, 0) is 4.79 Å². The summed E-state index contributed by atoms with van der Waals surface area (Å²) in [5.41, 5.74) is -0.0618. The molecule has 0 radical (unpaired) electrons. The smallest absolute Gasteiger partial charge is 0.305 e. The lowest BCUT2D eigenvalue weighted by Gasteiger charge is -2.47. The van der Waals surface area contributed by atoms with Gasteiger partial charge in [-0.25, -0.2) is 0 Å². The Morgan fingerprint density at radius 3 is 2.17 bits per heavy atom. The predicted octanol–water partition coefficient (Wildman–Crippen LogP) is 1.80. The van der Waals surface area contributed by atoms with Crippen molar-refractivity contribution in [1.29, 1.82) is 0 Å². The average Bonchev–Trinajstić information content (AvgIpc) is 2.82. The maximum atomic E-state index is 11.2. The number of rotatable bonds is 4. The molecule has 0 atom stereocenters. The standard InChI is InChI=1S/C14H26N2O2/c1-12(2)15-9-5-14(6-10-15,11-13(17)18)16-7-3-4-8-16/h12H,3-11H2,1-2H3,(H,17,18). The molecule has 0 unspecified atom stereocenters. The molecular weight excluding hydrogens is 228 g/mol. The summed E-state index contributed by atoms with van der Waals surface area (Å²) in [5, 5.41) is 9.23. The van der Waals surface area contributed by atoms with Crippen LogP contribution < -0.4 is 0 Å². The summed E-state index contributed by atoms with van der Waals surface area (Å²) in [6.07, 6.45) is 4.80. The van der Waals surface area contributed by atoms with E-state index in [0.717, 1.165) is 39.0 Å². The molecule has 2 aliphatic rings. The van der Waals surface area contributed by atoms with Crippen LogP contribution in [0.15, 0.2) is 0 Å². The SMILES string of the molecule is CC(C)N1CCC(CC(=O)O)(N2CCCC2)CC1. The molecule has 0 aliphatic carbocycles. The highest BCUT2D eigenvalue weighted by Gasteiger charge is 2.42. The summed E-state index contributed by atoms with van der Waals surface area (Å²) in [6, 6.07) is 0.575. The third kappa shape index (κ3) is 2.86. The normalized spacial score (nSPS) is 25.7. The summed E-state index contributed by atoms with van der Waals surface area (Å²) in [7, 11) is 0. The van der Waals surface area contributed by atoms with Crippen LogP contribution in [0.4, 0.5) is 0 Å². The van der Waals surface area contributed by atoms with Crippen LogP contribution in [-0.4, -0.2) is 58.6 Å². The Labute approximate surface area is 110 Å². The molecule has 0 aromatic heterocycles. The Balaban J connectivity index is 2.05. The van der Waals surface area contributed by atoms with Gasteiger partial charge in [0.1, 0.15) is 0 Å². The fourth-order valence-corrected chi connectivity index (χ4v) is 3.53. The van der Waals surface area contributed by atoms with Gasteiger partial charge in [0.25, 0.3) is 0 Å². The number of carboxylic acid groups (broad SMARTS) is 1. The van der Waals surface area contributed by atoms with Crippen LogP contribution >= 0.6 is 0 Å². The number of piperidine rings is 1. The first kappa shape index (κ1) is 13.8. The van der Waals surface area contributed by atoms with E-state index in [1.54, 1.807) is 0 Å². The molecule has 0 spiro atoms. The molecule has 2 rings (SSSR count). The van der Waals surface area contributed by atoms with Gasteiger partial charge in [0.2, 0.25) is 0 Å². The van der Waals surface area contributed by atoms with Gasteiger partial charge in [-0.15, -0.1) is 0 Å². The molecule has 0 aromatic rings. The zero-order chi connectivity index (χ0) is 13.2. The van der Waals surface area contributed by atoms with Gasteiger partial charge >= 0.3 is 5.97 Å². The molecule has 0 amide bonds. The van der Waals surface area contributed by atoms with E-state index in [4.69, 9.17) is 0 Å². The van der Waals surface area contributed by atoms with Crippen LogP contribution in [0.5, 0.6) is 0 Å². The van der Waals surface area contributed by atoms with E-state index in [1.165, 1.54) is 12.8 Å². The Kier molecular flexibility index (Phi) is 4.28.